The van der Waals surface area contributed by atoms with Crippen LogP contribution in [0.4, 0.5) is 14.6 Å². The molecular weight excluding hydrogens is 562 g/mol. The van der Waals surface area contributed by atoms with Crippen LogP contribution in [0.3, 0.4) is 0 Å². The highest BCUT2D eigenvalue weighted by molar-refractivity contribution is 6.30. The molecule has 1 amide bonds. The first-order valence-corrected chi connectivity index (χ1v) is 14.0. The van der Waals surface area contributed by atoms with Crippen molar-refractivity contribution in [2.24, 2.45) is 0 Å². The number of piperazine rings is 1. The van der Waals surface area contributed by atoms with Crippen molar-refractivity contribution in [3.63, 3.8) is 0 Å². The Morgan fingerprint density at radius 2 is 1.83 bits per heavy atom. The van der Waals surface area contributed by atoms with Gasteiger partial charge in [0.1, 0.15) is 23.1 Å². The van der Waals surface area contributed by atoms with Crippen LogP contribution in [0.2, 0.25) is 5.02 Å². The summed E-state index contributed by atoms with van der Waals surface area (Å²) in [5, 5.41) is 0.472. The van der Waals surface area contributed by atoms with E-state index in [0.717, 1.165) is 11.6 Å². The van der Waals surface area contributed by atoms with Crippen molar-refractivity contribution >= 4 is 34.4 Å². The number of rotatable bonds is 5. The molecule has 1 aromatic carbocycles. The Morgan fingerprint density at radius 3 is 2.52 bits per heavy atom. The summed E-state index contributed by atoms with van der Waals surface area (Å²) in [6.45, 7) is 13.8. The summed E-state index contributed by atoms with van der Waals surface area (Å²) in [4.78, 5) is 43.6. The zero-order valence-electron chi connectivity index (χ0n) is 24.0. The lowest BCUT2D eigenvalue weighted by Crippen LogP contribution is -2.58. The van der Waals surface area contributed by atoms with Gasteiger partial charge < -0.3 is 9.80 Å². The van der Waals surface area contributed by atoms with E-state index in [1.807, 2.05) is 39.5 Å². The van der Waals surface area contributed by atoms with Crippen molar-refractivity contribution in [2.45, 2.75) is 52.6 Å². The van der Waals surface area contributed by atoms with Crippen molar-refractivity contribution in [2.75, 3.05) is 18.0 Å². The molecule has 8 nitrogen and oxygen atoms in total. The standard InChI is InChI=1S/C31H31ClF2N6O2/c1-7-25(41)38-14-19(6)39(15-18(38)5)29-22-13-24(34)27(21-12-20(32)8-9-23(21)33)36-30(22)40(31(42)37-29)28-17(4)10-11-35-26(28)16(2)3/h7-13,16,18-19H,1,14-15H2,2-6H3. The summed E-state index contributed by atoms with van der Waals surface area (Å²) in [5.74, 6) is -1.54. The minimum atomic E-state index is -0.801. The van der Waals surface area contributed by atoms with Gasteiger partial charge in [-0.15, -0.1) is 0 Å². The molecule has 0 bridgehead atoms. The zero-order chi connectivity index (χ0) is 30.5. The van der Waals surface area contributed by atoms with Crippen LogP contribution in [-0.4, -0.2) is 55.5 Å². The highest BCUT2D eigenvalue weighted by Gasteiger charge is 2.34. The average Bonchev–Trinajstić information content (AvgIpc) is 2.95. The van der Waals surface area contributed by atoms with E-state index in [1.54, 1.807) is 17.2 Å². The molecule has 2 unspecified atom stereocenters. The van der Waals surface area contributed by atoms with Gasteiger partial charge in [-0.3, -0.25) is 9.78 Å². The molecule has 0 saturated carbocycles. The van der Waals surface area contributed by atoms with E-state index in [0.29, 0.717) is 24.5 Å². The second-order valence-electron chi connectivity index (χ2n) is 10.9. The van der Waals surface area contributed by atoms with Gasteiger partial charge in [0.15, 0.2) is 5.65 Å². The number of carbonyl (C=O) groups is 1. The molecule has 3 aromatic heterocycles. The third-order valence-electron chi connectivity index (χ3n) is 7.63. The van der Waals surface area contributed by atoms with Crippen LogP contribution < -0.4 is 10.6 Å². The van der Waals surface area contributed by atoms with Gasteiger partial charge in [-0.1, -0.05) is 32.0 Å². The molecule has 4 aromatic rings. The molecule has 1 aliphatic heterocycles. The first-order chi connectivity index (χ1) is 19.9. The maximum absolute atomic E-state index is 15.9. The smallest absolute Gasteiger partial charge is 0.349 e. The van der Waals surface area contributed by atoms with Crippen LogP contribution in [0, 0.1) is 18.6 Å². The third-order valence-corrected chi connectivity index (χ3v) is 7.86. The van der Waals surface area contributed by atoms with Crippen molar-refractivity contribution in [3.8, 4) is 16.9 Å². The Morgan fingerprint density at radius 1 is 1.10 bits per heavy atom. The predicted molar refractivity (Wildman–Crippen MR) is 160 cm³/mol. The summed E-state index contributed by atoms with van der Waals surface area (Å²) >= 11 is 6.14. The van der Waals surface area contributed by atoms with Crippen LogP contribution >= 0.6 is 11.6 Å². The maximum atomic E-state index is 15.9. The molecule has 1 fully saturated rings. The lowest BCUT2D eigenvalue weighted by atomic mass is 10.0. The largest absolute Gasteiger partial charge is 0.355 e. The molecule has 5 rings (SSSR count). The van der Waals surface area contributed by atoms with Gasteiger partial charge >= 0.3 is 5.69 Å². The first kappa shape index (κ1) is 29.3. The van der Waals surface area contributed by atoms with E-state index in [9.17, 15) is 14.0 Å². The molecule has 218 valence electrons. The molecule has 11 heteroatoms. The fourth-order valence-corrected chi connectivity index (χ4v) is 5.70. The van der Waals surface area contributed by atoms with E-state index in [2.05, 4.69) is 21.5 Å². The molecular formula is C31H31ClF2N6O2. The second-order valence-corrected chi connectivity index (χ2v) is 11.4. The molecule has 42 heavy (non-hydrogen) atoms. The Balaban J connectivity index is 1.84. The number of aromatic nitrogens is 4. The molecule has 4 heterocycles. The number of carbonyl (C=O) groups excluding carboxylic acids is 1. The Labute approximate surface area is 247 Å². The Kier molecular flexibility index (Phi) is 7.85. The van der Waals surface area contributed by atoms with Crippen LogP contribution in [-0.2, 0) is 4.79 Å². The molecule has 1 aliphatic rings. The number of anilines is 1. The van der Waals surface area contributed by atoms with E-state index in [-0.39, 0.29) is 57.0 Å². The van der Waals surface area contributed by atoms with Crippen LogP contribution in [0.15, 0.2) is 54.0 Å². The quantitative estimate of drug-likeness (QED) is 0.272. The highest BCUT2D eigenvalue weighted by Crippen LogP contribution is 2.35. The van der Waals surface area contributed by atoms with Gasteiger partial charge in [0.2, 0.25) is 5.91 Å². The zero-order valence-corrected chi connectivity index (χ0v) is 24.8. The normalized spacial score (nSPS) is 17.3. The number of hydrogen-bond donors (Lipinski definition) is 0. The van der Waals surface area contributed by atoms with Gasteiger partial charge in [0, 0.05) is 42.0 Å². The number of nitrogens with zero attached hydrogens (tertiary/aromatic N) is 6. The summed E-state index contributed by atoms with van der Waals surface area (Å²) in [6, 6.07) is 6.30. The van der Waals surface area contributed by atoms with Gasteiger partial charge in [-0.05, 0) is 68.7 Å². The minimum Gasteiger partial charge on any atom is -0.349 e. The van der Waals surface area contributed by atoms with Crippen molar-refractivity contribution in [3.05, 3.63) is 87.6 Å². The second kappa shape index (κ2) is 11.2. The average molecular weight is 593 g/mol. The number of fused-ring (bicyclic) bond motifs is 1. The van der Waals surface area contributed by atoms with Crippen LogP contribution in [0.1, 0.15) is 44.9 Å². The maximum Gasteiger partial charge on any atom is 0.355 e. The molecule has 2 atom stereocenters. The van der Waals surface area contributed by atoms with Gasteiger partial charge in [-0.25, -0.2) is 23.1 Å². The Hall–Kier alpha value is -4.18. The van der Waals surface area contributed by atoms with E-state index < -0.39 is 17.3 Å². The van der Waals surface area contributed by atoms with Gasteiger partial charge in [0.05, 0.1) is 16.8 Å². The predicted octanol–water partition coefficient (Wildman–Crippen LogP) is 5.82. The van der Waals surface area contributed by atoms with Crippen molar-refractivity contribution < 1.29 is 13.6 Å². The van der Waals surface area contributed by atoms with E-state index >= 15 is 4.39 Å². The number of aryl methyl sites for hydroxylation is 1. The summed E-state index contributed by atoms with van der Waals surface area (Å²) in [5.41, 5.74) is 0.897. The third kappa shape index (κ3) is 5.04. The number of hydrogen-bond acceptors (Lipinski definition) is 6. The molecule has 0 aliphatic carbocycles. The SMILES string of the molecule is C=CC(=O)N1CC(C)N(c2nc(=O)n(-c3c(C)ccnc3C(C)C)c3nc(-c4cc(Cl)ccc4F)c(F)cc23)CC1C. The fourth-order valence-electron chi connectivity index (χ4n) is 5.52. The molecule has 0 radical (unpaired) electrons. The number of amides is 1. The topological polar surface area (TPSA) is 84.2 Å². The summed E-state index contributed by atoms with van der Waals surface area (Å²) in [6.07, 6.45) is 2.93. The van der Waals surface area contributed by atoms with Gasteiger partial charge in [-0.2, -0.15) is 4.98 Å². The van der Waals surface area contributed by atoms with E-state index in [1.165, 1.54) is 28.8 Å². The van der Waals surface area contributed by atoms with Crippen LogP contribution in [0.5, 0.6) is 0 Å². The number of halogens is 3. The van der Waals surface area contributed by atoms with Crippen molar-refractivity contribution in [1.82, 2.24) is 24.4 Å². The minimum absolute atomic E-state index is 0.0665. The molecule has 0 spiro atoms. The number of benzene rings is 1. The lowest BCUT2D eigenvalue weighted by molar-refractivity contribution is -0.128. The molecule has 0 N–H and O–H groups in total. The van der Waals surface area contributed by atoms with Gasteiger partial charge in [0.25, 0.3) is 0 Å². The highest BCUT2D eigenvalue weighted by atomic mass is 35.5. The first-order valence-electron chi connectivity index (χ1n) is 13.7. The lowest BCUT2D eigenvalue weighted by Gasteiger charge is -2.44. The van der Waals surface area contributed by atoms with Crippen molar-refractivity contribution in [1.29, 1.82) is 0 Å². The summed E-state index contributed by atoms with van der Waals surface area (Å²) in [7, 11) is 0. The number of pyridine rings is 2. The summed E-state index contributed by atoms with van der Waals surface area (Å²) < 4.78 is 32.2. The molecule has 1 saturated heterocycles. The Bertz CT molecular complexity index is 1790. The fraction of sp³-hybridized carbons (Fsp3) is 0.323. The van der Waals surface area contributed by atoms with Crippen LogP contribution in [0.25, 0.3) is 28.0 Å². The monoisotopic (exact) mass is 592 g/mol. The van der Waals surface area contributed by atoms with E-state index in [4.69, 9.17) is 11.6 Å².